The predicted molar refractivity (Wildman–Crippen MR) is 48.6 cm³/mol. The Bertz CT molecular complexity index is 438. The average molecular weight is 195 g/mol. The molecule has 0 fully saturated rings. The molecule has 0 amide bonds. The number of carbonyl (C=O) groups is 1. The van der Waals surface area contributed by atoms with Crippen LogP contribution >= 0.6 is 0 Å². The molecule has 0 saturated carbocycles. The van der Waals surface area contributed by atoms with Gasteiger partial charge in [0.2, 0.25) is 0 Å². The average Bonchev–Trinajstić information content (AvgIpc) is 2.17. The van der Waals surface area contributed by atoms with Crippen LogP contribution in [0.25, 0.3) is 0 Å². The van der Waals surface area contributed by atoms with E-state index in [-0.39, 0.29) is 5.56 Å². The molecule has 74 valence electrons. The number of fused-ring (bicyclic) bond motifs is 1. The highest BCUT2D eigenvalue weighted by molar-refractivity contribution is 5.92. The van der Waals surface area contributed by atoms with Gasteiger partial charge < -0.3 is 15.0 Å². The van der Waals surface area contributed by atoms with E-state index in [1.54, 1.807) is 4.57 Å². The lowest BCUT2D eigenvalue weighted by Crippen LogP contribution is -2.28. The number of hydrogen-bond donors (Lipinski definition) is 2. The molecular formula is C8H9N3O3. The van der Waals surface area contributed by atoms with Crippen LogP contribution in [0, 0.1) is 0 Å². The normalized spacial score (nSPS) is 14.3. The molecule has 0 aromatic carbocycles. The van der Waals surface area contributed by atoms with Crippen LogP contribution in [0.5, 0.6) is 0 Å². The number of rotatable bonds is 1. The van der Waals surface area contributed by atoms with Crippen molar-refractivity contribution in [2.24, 2.45) is 0 Å². The zero-order valence-electron chi connectivity index (χ0n) is 7.36. The van der Waals surface area contributed by atoms with Gasteiger partial charge in [0.05, 0.1) is 0 Å². The first-order chi connectivity index (χ1) is 6.70. The van der Waals surface area contributed by atoms with E-state index in [4.69, 9.17) is 5.11 Å². The Labute approximate surface area is 79.2 Å². The van der Waals surface area contributed by atoms with Gasteiger partial charge in [-0.3, -0.25) is 4.79 Å². The fourth-order valence-electron chi connectivity index (χ4n) is 1.50. The monoisotopic (exact) mass is 195 g/mol. The van der Waals surface area contributed by atoms with E-state index in [2.05, 4.69) is 10.3 Å². The third kappa shape index (κ3) is 1.24. The zero-order chi connectivity index (χ0) is 10.1. The molecule has 1 aliphatic rings. The van der Waals surface area contributed by atoms with Crippen molar-refractivity contribution < 1.29 is 9.90 Å². The van der Waals surface area contributed by atoms with E-state index in [9.17, 15) is 9.59 Å². The number of anilines is 1. The molecule has 1 aromatic heterocycles. The molecule has 2 rings (SSSR count). The second-order valence-electron chi connectivity index (χ2n) is 3.05. The van der Waals surface area contributed by atoms with Gasteiger partial charge in [-0.05, 0) is 6.42 Å². The quantitative estimate of drug-likeness (QED) is 0.645. The van der Waals surface area contributed by atoms with Gasteiger partial charge in [-0.1, -0.05) is 0 Å². The number of aryl methyl sites for hydroxylation is 1. The first kappa shape index (κ1) is 8.74. The predicted octanol–water partition coefficient (Wildman–Crippen LogP) is -0.243. The highest BCUT2D eigenvalue weighted by atomic mass is 16.4. The molecule has 1 aliphatic heterocycles. The molecule has 0 bridgehead atoms. The second-order valence-corrected chi connectivity index (χ2v) is 3.05. The molecule has 0 atom stereocenters. The van der Waals surface area contributed by atoms with Gasteiger partial charge in [0.15, 0.2) is 5.56 Å². The lowest BCUT2D eigenvalue weighted by atomic mass is 10.2. The van der Waals surface area contributed by atoms with Gasteiger partial charge in [0.1, 0.15) is 12.1 Å². The SMILES string of the molecule is O=C(O)c1c2n(cnc1=O)CCCN2. The highest BCUT2D eigenvalue weighted by Gasteiger charge is 2.20. The topological polar surface area (TPSA) is 84.2 Å². The number of aromatic carboxylic acids is 1. The van der Waals surface area contributed by atoms with Crippen LogP contribution in [-0.2, 0) is 6.54 Å². The van der Waals surface area contributed by atoms with Gasteiger partial charge in [-0.2, -0.15) is 4.98 Å². The maximum atomic E-state index is 11.2. The van der Waals surface area contributed by atoms with Crippen LogP contribution in [0.3, 0.4) is 0 Å². The van der Waals surface area contributed by atoms with Crippen LogP contribution in [0.4, 0.5) is 5.82 Å². The molecule has 0 radical (unpaired) electrons. The van der Waals surface area contributed by atoms with Crippen molar-refractivity contribution in [3.05, 3.63) is 22.2 Å². The number of hydrogen-bond acceptors (Lipinski definition) is 4. The summed E-state index contributed by atoms with van der Waals surface area (Å²) in [7, 11) is 0. The lowest BCUT2D eigenvalue weighted by molar-refractivity contribution is 0.0695. The summed E-state index contributed by atoms with van der Waals surface area (Å²) in [5, 5.41) is 11.7. The zero-order valence-corrected chi connectivity index (χ0v) is 7.36. The molecule has 2 N–H and O–H groups in total. The Morgan fingerprint density at radius 1 is 1.64 bits per heavy atom. The van der Waals surface area contributed by atoms with Crippen LogP contribution in [0.2, 0.25) is 0 Å². The highest BCUT2D eigenvalue weighted by Crippen LogP contribution is 2.15. The molecule has 0 aliphatic carbocycles. The standard InChI is InChI=1S/C8H9N3O3/c12-7-5(8(13)14)6-9-2-1-3-11(6)4-10-7/h4,9H,1-3H2,(H,13,14). The minimum absolute atomic E-state index is 0.271. The smallest absolute Gasteiger partial charge is 0.345 e. The van der Waals surface area contributed by atoms with Crippen LogP contribution in [0.15, 0.2) is 11.1 Å². The Hall–Kier alpha value is -1.85. The number of nitrogens with one attached hydrogen (secondary N) is 1. The van der Waals surface area contributed by atoms with Crippen molar-refractivity contribution in [3.8, 4) is 0 Å². The summed E-state index contributed by atoms with van der Waals surface area (Å²) < 4.78 is 1.65. The molecule has 14 heavy (non-hydrogen) atoms. The van der Waals surface area contributed by atoms with Crippen molar-refractivity contribution in [1.29, 1.82) is 0 Å². The molecule has 0 unspecified atom stereocenters. The third-order valence-electron chi connectivity index (χ3n) is 2.13. The molecule has 0 saturated heterocycles. The summed E-state index contributed by atoms with van der Waals surface area (Å²) in [5.74, 6) is -0.870. The summed E-state index contributed by atoms with van der Waals surface area (Å²) in [6, 6.07) is 0. The maximum Gasteiger partial charge on any atom is 0.345 e. The second kappa shape index (κ2) is 3.13. The van der Waals surface area contributed by atoms with Crippen molar-refractivity contribution >= 4 is 11.8 Å². The fourth-order valence-corrected chi connectivity index (χ4v) is 1.50. The Morgan fingerprint density at radius 2 is 2.43 bits per heavy atom. The van der Waals surface area contributed by atoms with Gasteiger partial charge in [-0.25, -0.2) is 4.79 Å². The summed E-state index contributed by atoms with van der Waals surface area (Å²) in [6.45, 7) is 1.37. The molecule has 1 aromatic rings. The largest absolute Gasteiger partial charge is 0.477 e. The summed E-state index contributed by atoms with van der Waals surface area (Å²) in [5.41, 5.74) is -0.967. The van der Waals surface area contributed by atoms with Crippen LogP contribution < -0.4 is 10.9 Å². The van der Waals surface area contributed by atoms with Crippen molar-refractivity contribution in [3.63, 3.8) is 0 Å². The Kier molecular flexibility index (Phi) is 1.95. The van der Waals surface area contributed by atoms with E-state index < -0.39 is 11.5 Å². The maximum absolute atomic E-state index is 11.2. The first-order valence-corrected chi connectivity index (χ1v) is 4.27. The minimum atomic E-state index is -1.23. The fraction of sp³-hybridized carbons (Fsp3) is 0.375. The lowest BCUT2D eigenvalue weighted by Gasteiger charge is -2.20. The van der Waals surface area contributed by atoms with E-state index in [1.807, 2.05) is 0 Å². The van der Waals surface area contributed by atoms with Crippen molar-refractivity contribution in [2.45, 2.75) is 13.0 Å². The number of carboxylic acid groups (broad SMARTS) is 1. The van der Waals surface area contributed by atoms with Crippen molar-refractivity contribution in [2.75, 3.05) is 11.9 Å². The van der Waals surface area contributed by atoms with E-state index in [0.717, 1.165) is 6.42 Å². The van der Waals surface area contributed by atoms with Gasteiger partial charge in [-0.15, -0.1) is 0 Å². The van der Waals surface area contributed by atoms with E-state index in [1.165, 1.54) is 6.33 Å². The third-order valence-corrected chi connectivity index (χ3v) is 2.13. The minimum Gasteiger partial charge on any atom is -0.477 e. The van der Waals surface area contributed by atoms with Gasteiger partial charge in [0, 0.05) is 13.1 Å². The van der Waals surface area contributed by atoms with E-state index >= 15 is 0 Å². The molecule has 0 spiro atoms. The van der Waals surface area contributed by atoms with E-state index in [0.29, 0.717) is 18.9 Å². The first-order valence-electron chi connectivity index (χ1n) is 4.27. The Balaban J connectivity index is 2.67. The summed E-state index contributed by atoms with van der Waals surface area (Å²) in [4.78, 5) is 25.5. The molecule has 6 heteroatoms. The van der Waals surface area contributed by atoms with Gasteiger partial charge in [0.25, 0.3) is 5.56 Å². The molecule has 6 nitrogen and oxygen atoms in total. The molecular weight excluding hydrogens is 186 g/mol. The number of carboxylic acids is 1. The van der Waals surface area contributed by atoms with Crippen LogP contribution in [0.1, 0.15) is 16.8 Å². The van der Waals surface area contributed by atoms with Gasteiger partial charge >= 0.3 is 5.97 Å². The molecule has 2 heterocycles. The number of nitrogens with zero attached hydrogens (tertiary/aromatic N) is 2. The summed E-state index contributed by atoms with van der Waals surface area (Å²) in [6.07, 6.45) is 2.27. The van der Waals surface area contributed by atoms with Crippen molar-refractivity contribution in [1.82, 2.24) is 9.55 Å². The Morgan fingerprint density at radius 3 is 3.14 bits per heavy atom. The number of aromatic nitrogens is 2. The van der Waals surface area contributed by atoms with Crippen LogP contribution in [-0.4, -0.2) is 27.2 Å². The summed E-state index contributed by atoms with van der Waals surface area (Å²) >= 11 is 0.